The van der Waals surface area contributed by atoms with Gasteiger partial charge in [-0.25, -0.2) is 0 Å². The molecule has 0 fully saturated rings. The third-order valence-corrected chi connectivity index (χ3v) is 5.88. The van der Waals surface area contributed by atoms with Crippen molar-refractivity contribution in [3.8, 4) is 0 Å². The molecule has 2 atom stereocenters. The molecule has 13 heteroatoms. The minimum Gasteiger partial charge on any atom is -0.362 e. The smallest absolute Gasteiger partial charge is 0.162 e. The molecule has 0 N–H and O–H groups in total. The van der Waals surface area contributed by atoms with Crippen LogP contribution in [0, 0.1) is 0 Å². The van der Waals surface area contributed by atoms with Crippen LogP contribution in [0.25, 0.3) is 0 Å². The molecule has 0 aliphatic heterocycles. The number of nitrogens with zero attached hydrogens (tertiary/aromatic N) is 8. The van der Waals surface area contributed by atoms with Crippen molar-refractivity contribution in [2.75, 3.05) is 0 Å². The second-order valence-corrected chi connectivity index (χ2v) is 8.07. The maximum absolute atomic E-state index is 6.50. The predicted octanol–water partition coefficient (Wildman–Crippen LogP) is 4.47. The van der Waals surface area contributed by atoms with Crippen molar-refractivity contribution in [3.63, 3.8) is 0 Å². The van der Waals surface area contributed by atoms with E-state index >= 15 is 0 Å². The van der Waals surface area contributed by atoms with E-state index in [0.717, 1.165) is 11.1 Å². The third-order valence-electron chi connectivity index (χ3n) is 4.40. The van der Waals surface area contributed by atoms with Gasteiger partial charge in [0.15, 0.2) is 12.7 Å². The summed E-state index contributed by atoms with van der Waals surface area (Å²) in [6.45, 7) is 0.557. The van der Waals surface area contributed by atoms with Gasteiger partial charge in [0.2, 0.25) is 0 Å². The minimum atomic E-state index is -0.507. The number of tetrazole rings is 2. The first kappa shape index (κ1) is 21.9. The number of rotatable bonds is 8. The highest BCUT2D eigenvalue weighted by molar-refractivity contribution is 6.42. The maximum atomic E-state index is 6.50. The zero-order chi connectivity index (χ0) is 21.8. The normalized spacial score (nSPS) is 13.3. The SMILES string of the molecule is Clc1ccc(C(Cn2ncnn2)OC(Cn2ncnn2)c2ccc(Cl)c(Cl)c2)cc1Cl. The first-order valence-electron chi connectivity index (χ1n) is 8.96. The third kappa shape index (κ3) is 5.50. The fraction of sp³-hybridized carbons (Fsp3) is 0.222. The van der Waals surface area contributed by atoms with Crippen molar-refractivity contribution in [3.05, 3.63) is 80.3 Å². The topological polar surface area (TPSA) is 96.4 Å². The molecule has 0 amide bonds. The van der Waals surface area contributed by atoms with Gasteiger partial charge in [0, 0.05) is 0 Å². The van der Waals surface area contributed by atoms with E-state index in [1.807, 2.05) is 12.1 Å². The van der Waals surface area contributed by atoms with Gasteiger partial charge in [0.25, 0.3) is 0 Å². The van der Waals surface area contributed by atoms with E-state index in [-0.39, 0.29) is 13.1 Å². The minimum absolute atomic E-state index is 0.278. The molecule has 4 aromatic rings. The Labute approximate surface area is 196 Å². The van der Waals surface area contributed by atoms with Gasteiger partial charge in [-0.15, -0.1) is 20.4 Å². The monoisotopic (exact) mass is 498 g/mol. The van der Waals surface area contributed by atoms with Gasteiger partial charge in [-0.1, -0.05) is 58.5 Å². The Hall–Kier alpha value is -2.30. The van der Waals surface area contributed by atoms with Crippen molar-refractivity contribution in [1.29, 1.82) is 0 Å². The number of benzene rings is 2. The molecule has 0 radical (unpaired) electrons. The van der Waals surface area contributed by atoms with Crippen LogP contribution in [-0.4, -0.2) is 40.4 Å². The Kier molecular flexibility index (Phi) is 6.99. The quantitative estimate of drug-likeness (QED) is 0.352. The Morgan fingerprint density at radius 2 is 1.13 bits per heavy atom. The second kappa shape index (κ2) is 9.88. The summed E-state index contributed by atoms with van der Waals surface area (Å²) < 4.78 is 6.50. The average molecular weight is 500 g/mol. The number of halogens is 4. The zero-order valence-electron chi connectivity index (χ0n) is 15.7. The van der Waals surface area contributed by atoms with Crippen LogP contribution in [-0.2, 0) is 17.8 Å². The first-order chi connectivity index (χ1) is 15.0. The number of ether oxygens (including phenoxy) is 1. The highest BCUT2D eigenvalue weighted by atomic mass is 35.5. The molecule has 9 nitrogen and oxygen atoms in total. The van der Waals surface area contributed by atoms with Crippen LogP contribution in [0.1, 0.15) is 23.3 Å². The van der Waals surface area contributed by atoms with E-state index in [1.54, 1.807) is 24.3 Å². The first-order valence-corrected chi connectivity index (χ1v) is 10.5. The van der Waals surface area contributed by atoms with Crippen LogP contribution in [0.15, 0.2) is 49.1 Å². The van der Waals surface area contributed by atoms with Crippen LogP contribution in [0.4, 0.5) is 0 Å². The number of aromatic nitrogens is 8. The Morgan fingerprint density at radius 1 is 0.677 bits per heavy atom. The van der Waals surface area contributed by atoms with Gasteiger partial charge in [0.1, 0.15) is 12.2 Å². The molecule has 0 saturated heterocycles. The maximum Gasteiger partial charge on any atom is 0.162 e. The van der Waals surface area contributed by atoms with Crippen molar-refractivity contribution in [2.24, 2.45) is 0 Å². The highest BCUT2D eigenvalue weighted by Crippen LogP contribution is 2.34. The van der Waals surface area contributed by atoms with Crippen LogP contribution in [0.3, 0.4) is 0 Å². The number of hydrogen-bond donors (Lipinski definition) is 0. The van der Waals surface area contributed by atoms with Crippen LogP contribution >= 0.6 is 46.4 Å². The molecular formula is C18H14Cl4N8O. The van der Waals surface area contributed by atoms with Crippen molar-refractivity contribution in [2.45, 2.75) is 25.3 Å². The lowest BCUT2D eigenvalue weighted by molar-refractivity contribution is -0.0396. The summed E-state index contributed by atoms with van der Waals surface area (Å²) in [5.74, 6) is 0. The fourth-order valence-corrected chi connectivity index (χ4v) is 3.53. The summed E-state index contributed by atoms with van der Waals surface area (Å²) in [6, 6.07) is 10.6. The lowest BCUT2D eigenvalue weighted by Gasteiger charge is -2.25. The molecule has 2 aromatic heterocycles. The van der Waals surface area contributed by atoms with E-state index in [9.17, 15) is 0 Å². The molecule has 2 unspecified atom stereocenters. The Balaban J connectivity index is 1.69. The van der Waals surface area contributed by atoms with Gasteiger partial charge in [-0.3, -0.25) is 0 Å². The largest absolute Gasteiger partial charge is 0.362 e. The Morgan fingerprint density at radius 3 is 1.48 bits per heavy atom. The molecule has 2 aromatic carbocycles. The van der Waals surface area contributed by atoms with Gasteiger partial charge >= 0.3 is 0 Å². The summed E-state index contributed by atoms with van der Waals surface area (Å²) in [7, 11) is 0. The van der Waals surface area contributed by atoms with E-state index in [2.05, 4.69) is 30.8 Å². The van der Waals surface area contributed by atoms with Crippen molar-refractivity contribution < 1.29 is 4.74 Å². The molecule has 2 heterocycles. The lowest BCUT2D eigenvalue weighted by atomic mass is 10.1. The second-order valence-electron chi connectivity index (χ2n) is 6.44. The molecule has 0 bridgehead atoms. The fourth-order valence-electron chi connectivity index (χ4n) is 2.92. The summed E-state index contributed by atoms with van der Waals surface area (Å²) in [4.78, 5) is 2.85. The van der Waals surface area contributed by atoms with Crippen molar-refractivity contribution >= 4 is 46.4 Å². The van der Waals surface area contributed by atoms with Gasteiger partial charge in [0.05, 0.1) is 33.2 Å². The van der Waals surface area contributed by atoms with E-state index in [4.69, 9.17) is 51.1 Å². The highest BCUT2D eigenvalue weighted by Gasteiger charge is 2.24. The van der Waals surface area contributed by atoms with Crippen molar-refractivity contribution in [1.82, 2.24) is 40.4 Å². The summed E-state index contributed by atoms with van der Waals surface area (Å²) in [5, 5.41) is 25.2. The van der Waals surface area contributed by atoms with E-state index in [1.165, 1.54) is 22.2 Å². The lowest BCUT2D eigenvalue weighted by Crippen LogP contribution is -2.21. The summed E-state index contributed by atoms with van der Waals surface area (Å²) >= 11 is 24.7. The van der Waals surface area contributed by atoms with Crippen LogP contribution in [0.2, 0.25) is 20.1 Å². The predicted molar refractivity (Wildman–Crippen MR) is 115 cm³/mol. The van der Waals surface area contributed by atoms with Gasteiger partial charge in [-0.2, -0.15) is 9.59 Å². The average Bonchev–Trinajstić information content (AvgIpc) is 3.45. The van der Waals surface area contributed by atoms with E-state index in [0.29, 0.717) is 20.1 Å². The molecule has 0 saturated carbocycles. The van der Waals surface area contributed by atoms with Gasteiger partial charge < -0.3 is 4.74 Å². The molecule has 4 rings (SSSR count). The van der Waals surface area contributed by atoms with Crippen LogP contribution in [0.5, 0.6) is 0 Å². The molecule has 0 spiro atoms. The van der Waals surface area contributed by atoms with Gasteiger partial charge in [-0.05, 0) is 45.8 Å². The summed E-state index contributed by atoms with van der Waals surface area (Å²) in [6.07, 6.45) is 1.68. The van der Waals surface area contributed by atoms with Crippen LogP contribution < -0.4 is 0 Å². The molecule has 0 aliphatic carbocycles. The van der Waals surface area contributed by atoms with E-state index < -0.39 is 12.2 Å². The number of hydrogen-bond acceptors (Lipinski definition) is 7. The molecular weight excluding hydrogens is 486 g/mol. The molecule has 0 aliphatic rings. The molecule has 160 valence electrons. The molecule has 31 heavy (non-hydrogen) atoms. The standard InChI is InChI=1S/C18H14Cl4N8O/c19-13-3-1-11(5-15(13)21)17(7-29-25-9-23-27-29)31-18(8-30-26-10-24-28-30)12-2-4-14(20)16(22)6-12/h1-6,9-10,17-18H,7-8H2. The Bertz CT molecular complexity index is 1050. The zero-order valence-corrected chi connectivity index (χ0v) is 18.7. The summed E-state index contributed by atoms with van der Waals surface area (Å²) in [5.41, 5.74) is 1.56.